The predicted molar refractivity (Wildman–Crippen MR) is 70.1 cm³/mol. The molecule has 0 fully saturated rings. The monoisotopic (exact) mass is 230 g/mol. The lowest BCUT2D eigenvalue weighted by molar-refractivity contribution is 0.0931. The summed E-state index contributed by atoms with van der Waals surface area (Å²) < 4.78 is 1.94. The van der Waals surface area contributed by atoms with Crippen molar-refractivity contribution in [3.8, 4) is 0 Å². The normalized spacial score (nSPS) is 12.6. The fraction of sp³-hybridized carbons (Fsp3) is 0.357. The number of hydrogen-bond donors (Lipinski definition) is 1. The van der Waals surface area contributed by atoms with Crippen LogP contribution in [-0.2, 0) is 7.05 Å². The summed E-state index contributed by atoms with van der Waals surface area (Å²) in [5.74, 6) is -0.00181. The molecule has 90 valence electrons. The van der Waals surface area contributed by atoms with E-state index in [2.05, 4.69) is 12.2 Å². The van der Waals surface area contributed by atoms with Crippen LogP contribution in [0.4, 0.5) is 0 Å². The number of benzene rings is 1. The maximum absolute atomic E-state index is 12.1. The number of carbonyl (C=O) groups is 1. The van der Waals surface area contributed by atoms with Gasteiger partial charge in [-0.25, -0.2) is 0 Å². The topological polar surface area (TPSA) is 34.0 Å². The summed E-state index contributed by atoms with van der Waals surface area (Å²) in [4.78, 5) is 12.1. The highest BCUT2D eigenvalue weighted by Gasteiger charge is 2.14. The highest BCUT2D eigenvalue weighted by Crippen LogP contribution is 2.18. The van der Waals surface area contributed by atoms with Crippen molar-refractivity contribution in [3.63, 3.8) is 0 Å². The standard InChI is InChI=1S/C14H18N2O/c1-4-10(2)15-14(17)13-9-11-7-5-6-8-12(11)16(13)3/h5-10H,4H2,1-3H3,(H,15,17). The third-order valence-electron chi connectivity index (χ3n) is 3.17. The van der Waals surface area contributed by atoms with Crippen molar-refractivity contribution < 1.29 is 4.79 Å². The maximum Gasteiger partial charge on any atom is 0.268 e. The number of aryl methyl sites for hydroxylation is 1. The molecule has 0 aliphatic heterocycles. The number of hydrogen-bond acceptors (Lipinski definition) is 1. The second-order valence-electron chi connectivity index (χ2n) is 4.43. The predicted octanol–water partition coefficient (Wildman–Crippen LogP) is 2.71. The van der Waals surface area contributed by atoms with Crippen LogP contribution in [-0.4, -0.2) is 16.5 Å². The van der Waals surface area contributed by atoms with Crippen LogP contribution in [0.15, 0.2) is 30.3 Å². The molecule has 3 nitrogen and oxygen atoms in total. The second kappa shape index (κ2) is 4.62. The first-order valence-corrected chi connectivity index (χ1v) is 5.98. The number of rotatable bonds is 3. The van der Waals surface area contributed by atoms with E-state index in [0.717, 1.165) is 17.3 Å². The van der Waals surface area contributed by atoms with Crippen molar-refractivity contribution in [2.75, 3.05) is 0 Å². The molecule has 17 heavy (non-hydrogen) atoms. The third-order valence-corrected chi connectivity index (χ3v) is 3.17. The largest absolute Gasteiger partial charge is 0.348 e. The Morgan fingerprint density at radius 1 is 1.41 bits per heavy atom. The number of fused-ring (bicyclic) bond motifs is 1. The van der Waals surface area contributed by atoms with Gasteiger partial charge in [0.1, 0.15) is 5.69 Å². The van der Waals surface area contributed by atoms with E-state index in [4.69, 9.17) is 0 Å². The molecule has 1 aromatic heterocycles. The molecule has 0 aliphatic carbocycles. The van der Waals surface area contributed by atoms with Gasteiger partial charge in [-0.3, -0.25) is 4.79 Å². The molecule has 3 heteroatoms. The molecule has 0 bridgehead atoms. The Morgan fingerprint density at radius 3 is 2.76 bits per heavy atom. The highest BCUT2D eigenvalue weighted by atomic mass is 16.2. The minimum Gasteiger partial charge on any atom is -0.348 e. The van der Waals surface area contributed by atoms with Gasteiger partial charge in [-0.2, -0.15) is 0 Å². The molecule has 0 saturated heterocycles. The molecule has 0 aliphatic rings. The van der Waals surface area contributed by atoms with Crippen LogP contribution in [0.1, 0.15) is 30.8 Å². The Bertz CT molecular complexity index is 542. The van der Waals surface area contributed by atoms with Crippen LogP contribution in [0.5, 0.6) is 0 Å². The van der Waals surface area contributed by atoms with Crippen molar-refractivity contribution >= 4 is 16.8 Å². The fourth-order valence-corrected chi connectivity index (χ4v) is 1.91. The number of para-hydroxylation sites is 1. The van der Waals surface area contributed by atoms with Gasteiger partial charge in [0.15, 0.2) is 0 Å². The van der Waals surface area contributed by atoms with Gasteiger partial charge in [0.2, 0.25) is 0 Å². The van der Waals surface area contributed by atoms with E-state index in [1.165, 1.54) is 0 Å². The van der Waals surface area contributed by atoms with E-state index in [9.17, 15) is 4.79 Å². The van der Waals surface area contributed by atoms with Crippen LogP contribution in [0.25, 0.3) is 10.9 Å². The second-order valence-corrected chi connectivity index (χ2v) is 4.43. The molecule has 1 aromatic carbocycles. The van der Waals surface area contributed by atoms with Gasteiger partial charge in [-0.15, -0.1) is 0 Å². The van der Waals surface area contributed by atoms with E-state index in [0.29, 0.717) is 5.69 Å². The number of amides is 1. The molecule has 0 saturated carbocycles. The van der Waals surface area contributed by atoms with E-state index < -0.39 is 0 Å². The van der Waals surface area contributed by atoms with E-state index in [-0.39, 0.29) is 11.9 Å². The van der Waals surface area contributed by atoms with Gasteiger partial charge >= 0.3 is 0 Å². The zero-order chi connectivity index (χ0) is 12.4. The van der Waals surface area contributed by atoms with Crippen molar-refractivity contribution in [3.05, 3.63) is 36.0 Å². The van der Waals surface area contributed by atoms with Crippen LogP contribution in [0.3, 0.4) is 0 Å². The lowest BCUT2D eigenvalue weighted by Gasteiger charge is -2.11. The quantitative estimate of drug-likeness (QED) is 0.864. The lowest BCUT2D eigenvalue weighted by Crippen LogP contribution is -2.33. The Hall–Kier alpha value is -1.77. The summed E-state index contributed by atoms with van der Waals surface area (Å²) in [5.41, 5.74) is 1.80. The van der Waals surface area contributed by atoms with Gasteiger partial charge in [0.25, 0.3) is 5.91 Å². The van der Waals surface area contributed by atoms with Crippen molar-refractivity contribution in [1.29, 1.82) is 0 Å². The Morgan fingerprint density at radius 2 is 2.12 bits per heavy atom. The van der Waals surface area contributed by atoms with Crippen LogP contribution in [0.2, 0.25) is 0 Å². The molecule has 1 atom stereocenters. The van der Waals surface area contributed by atoms with Gasteiger partial charge < -0.3 is 9.88 Å². The summed E-state index contributed by atoms with van der Waals surface area (Å²) in [6.07, 6.45) is 0.940. The molecule has 0 radical (unpaired) electrons. The van der Waals surface area contributed by atoms with Gasteiger partial charge in [-0.1, -0.05) is 25.1 Å². The molecule has 1 amide bonds. The van der Waals surface area contributed by atoms with E-state index in [1.54, 1.807) is 0 Å². The summed E-state index contributed by atoms with van der Waals surface area (Å²) in [6, 6.07) is 10.2. The van der Waals surface area contributed by atoms with Crippen molar-refractivity contribution in [1.82, 2.24) is 9.88 Å². The fourth-order valence-electron chi connectivity index (χ4n) is 1.91. The molecule has 0 spiro atoms. The van der Waals surface area contributed by atoms with Gasteiger partial charge in [0, 0.05) is 24.0 Å². The Labute approximate surface area is 101 Å². The summed E-state index contributed by atoms with van der Waals surface area (Å²) >= 11 is 0. The average Bonchev–Trinajstić information content (AvgIpc) is 2.67. The van der Waals surface area contributed by atoms with Gasteiger partial charge in [0.05, 0.1) is 0 Å². The SMILES string of the molecule is CCC(C)NC(=O)c1cc2ccccc2n1C. The van der Waals surface area contributed by atoms with E-state index in [1.807, 2.05) is 48.9 Å². The summed E-state index contributed by atoms with van der Waals surface area (Å²) in [5, 5.41) is 4.09. The zero-order valence-corrected chi connectivity index (χ0v) is 10.5. The van der Waals surface area contributed by atoms with Gasteiger partial charge in [-0.05, 0) is 25.5 Å². The number of nitrogens with zero attached hydrogens (tertiary/aromatic N) is 1. The number of carbonyl (C=O) groups excluding carboxylic acids is 1. The minimum atomic E-state index is -0.00181. The van der Waals surface area contributed by atoms with E-state index >= 15 is 0 Å². The maximum atomic E-state index is 12.1. The number of aromatic nitrogens is 1. The first-order chi connectivity index (χ1) is 8.13. The summed E-state index contributed by atoms with van der Waals surface area (Å²) in [6.45, 7) is 4.08. The van der Waals surface area contributed by atoms with Crippen LogP contribution in [0, 0.1) is 0 Å². The van der Waals surface area contributed by atoms with Crippen LogP contribution >= 0.6 is 0 Å². The molecule has 1 heterocycles. The molecule has 1 N–H and O–H groups in total. The Balaban J connectivity index is 2.35. The molecule has 2 aromatic rings. The first-order valence-electron chi connectivity index (χ1n) is 5.98. The molecular weight excluding hydrogens is 212 g/mol. The first kappa shape index (κ1) is 11.7. The molecular formula is C14H18N2O. The third kappa shape index (κ3) is 2.18. The smallest absolute Gasteiger partial charge is 0.268 e. The van der Waals surface area contributed by atoms with Crippen LogP contribution < -0.4 is 5.32 Å². The lowest BCUT2D eigenvalue weighted by atomic mass is 10.2. The number of nitrogens with one attached hydrogen (secondary N) is 1. The van der Waals surface area contributed by atoms with Crippen molar-refractivity contribution in [2.24, 2.45) is 7.05 Å². The Kier molecular flexibility index (Phi) is 3.18. The summed E-state index contributed by atoms with van der Waals surface area (Å²) in [7, 11) is 1.92. The average molecular weight is 230 g/mol. The van der Waals surface area contributed by atoms with Crippen molar-refractivity contribution in [2.45, 2.75) is 26.3 Å². The minimum absolute atomic E-state index is 0.00181. The molecule has 1 unspecified atom stereocenters. The zero-order valence-electron chi connectivity index (χ0n) is 10.5. The molecule has 2 rings (SSSR count). The highest BCUT2D eigenvalue weighted by molar-refractivity contribution is 5.98.